The quantitative estimate of drug-likeness (QED) is 0.565. The number of rotatable bonds is 1. The molecule has 1 aromatic rings. The van der Waals surface area contributed by atoms with Crippen molar-refractivity contribution in [1.82, 2.24) is 0 Å². The summed E-state index contributed by atoms with van der Waals surface area (Å²) in [5.41, 5.74) is 0.603. The molecular weight excluding hydrogens is 212 g/mol. The van der Waals surface area contributed by atoms with Crippen molar-refractivity contribution in [2.75, 3.05) is 0 Å². The van der Waals surface area contributed by atoms with Crippen LogP contribution >= 0.6 is 28.6 Å². The van der Waals surface area contributed by atoms with Crippen LogP contribution in [-0.4, -0.2) is 6.29 Å². The van der Waals surface area contributed by atoms with Crippen LogP contribution < -0.4 is 0 Å². The molecule has 1 rings (SSSR count). The Hall–Kier alpha value is -0.280. The SMILES string of the molecule is O=Cc1c(S)cccc1Br. The summed E-state index contributed by atoms with van der Waals surface area (Å²) in [5, 5.41) is 0. The largest absolute Gasteiger partial charge is 0.298 e. The van der Waals surface area contributed by atoms with Crippen molar-refractivity contribution in [3.05, 3.63) is 28.2 Å². The van der Waals surface area contributed by atoms with E-state index in [0.717, 1.165) is 10.8 Å². The molecule has 0 unspecified atom stereocenters. The van der Waals surface area contributed by atoms with Crippen LogP contribution in [0.2, 0.25) is 0 Å². The van der Waals surface area contributed by atoms with E-state index in [-0.39, 0.29) is 0 Å². The third kappa shape index (κ3) is 1.41. The maximum atomic E-state index is 10.4. The predicted molar refractivity (Wildman–Crippen MR) is 46.8 cm³/mol. The summed E-state index contributed by atoms with van der Waals surface area (Å²) in [6.07, 6.45) is 0.784. The highest BCUT2D eigenvalue weighted by atomic mass is 79.9. The van der Waals surface area contributed by atoms with Gasteiger partial charge in [-0.2, -0.15) is 0 Å². The van der Waals surface area contributed by atoms with Crippen LogP contribution in [0.4, 0.5) is 0 Å². The van der Waals surface area contributed by atoms with Gasteiger partial charge >= 0.3 is 0 Å². The van der Waals surface area contributed by atoms with Gasteiger partial charge in [0.15, 0.2) is 6.29 Å². The monoisotopic (exact) mass is 216 g/mol. The second kappa shape index (κ2) is 3.21. The van der Waals surface area contributed by atoms with Crippen molar-refractivity contribution < 1.29 is 4.79 Å². The molecule has 0 heterocycles. The van der Waals surface area contributed by atoms with E-state index in [1.165, 1.54) is 0 Å². The van der Waals surface area contributed by atoms with Crippen molar-refractivity contribution in [1.29, 1.82) is 0 Å². The minimum Gasteiger partial charge on any atom is -0.298 e. The first-order valence-electron chi connectivity index (χ1n) is 2.68. The fourth-order valence-electron chi connectivity index (χ4n) is 0.642. The number of hydrogen-bond acceptors (Lipinski definition) is 2. The summed E-state index contributed by atoms with van der Waals surface area (Å²) < 4.78 is 0.787. The Labute approximate surface area is 73.0 Å². The van der Waals surface area contributed by atoms with Crippen molar-refractivity contribution in [3.8, 4) is 0 Å². The van der Waals surface area contributed by atoms with Gasteiger partial charge in [-0.3, -0.25) is 4.79 Å². The number of aldehydes is 1. The lowest BCUT2D eigenvalue weighted by Crippen LogP contribution is -1.83. The molecule has 0 radical (unpaired) electrons. The molecule has 0 N–H and O–H groups in total. The average molecular weight is 217 g/mol. The summed E-state index contributed by atoms with van der Waals surface area (Å²) in [4.78, 5) is 11.1. The molecule has 3 heteroatoms. The van der Waals surface area contributed by atoms with Gasteiger partial charge in [-0.25, -0.2) is 0 Å². The topological polar surface area (TPSA) is 17.1 Å². The smallest absolute Gasteiger partial charge is 0.152 e. The van der Waals surface area contributed by atoms with E-state index in [1.54, 1.807) is 6.07 Å². The van der Waals surface area contributed by atoms with E-state index in [4.69, 9.17) is 0 Å². The zero-order valence-corrected chi connectivity index (χ0v) is 7.52. The number of halogens is 1. The van der Waals surface area contributed by atoms with Gasteiger partial charge in [0, 0.05) is 14.9 Å². The summed E-state index contributed by atoms with van der Waals surface area (Å²) in [7, 11) is 0. The van der Waals surface area contributed by atoms with Crippen molar-refractivity contribution >= 4 is 34.8 Å². The second-order valence-corrected chi connectivity index (χ2v) is 3.13. The van der Waals surface area contributed by atoms with E-state index < -0.39 is 0 Å². The molecule has 0 saturated heterocycles. The third-order valence-corrected chi connectivity index (χ3v) is 2.23. The lowest BCUT2D eigenvalue weighted by molar-refractivity contribution is 0.112. The zero-order chi connectivity index (χ0) is 7.56. The van der Waals surface area contributed by atoms with Crippen LogP contribution in [0.25, 0.3) is 0 Å². The van der Waals surface area contributed by atoms with Crippen molar-refractivity contribution in [2.45, 2.75) is 4.90 Å². The van der Waals surface area contributed by atoms with Gasteiger partial charge in [-0.1, -0.05) is 22.0 Å². The molecule has 0 aliphatic heterocycles. The van der Waals surface area contributed by atoms with Gasteiger partial charge in [0.1, 0.15) is 0 Å². The van der Waals surface area contributed by atoms with Crippen LogP contribution in [0.1, 0.15) is 10.4 Å². The highest BCUT2D eigenvalue weighted by molar-refractivity contribution is 9.10. The van der Waals surface area contributed by atoms with E-state index in [2.05, 4.69) is 28.6 Å². The Morgan fingerprint density at radius 3 is 2.60 bits per heavy atom. The third-order valence-electron chi connectivity index (χ3n) is 1.15. The van der Waals surface area contributed by atoms with Gasteiger partial charge < -0.3 is 0 Å². The maximum absolute atomic E-state index is 10.4. The number of hydrogen-bond donors (Lipinski definition) is 1. The van der Waals surface area contributed by atoms with E-state index >= 15 is 0 Å². The Kier molecular flexibility index (Phi) is 2.51. The van der Waals surface area contributed by atoms with E-state index in [0.29, 0.717) is 10.5 Å². The standard InChI is InChI=1S/C7H5BrOS/c8-6-2-1-3-7(10)5(6)4-9/h1-4,10H. The molecular formula is C7H5BrOS. The van der Waals surface area contributed by atoms with Gasteiger partial charge in [-0.15, -0.1) is 12.6 Å². The van der Waals surface area contributed by atoms with Gasteiger partial charge in [0.2, 0.25) is 0 Å². The van der Waals surface area contributed by atoms with Gasteiger partial charge in [-0.05, 0) is 12.1 Å². The molecule has 0 spiro atoms. The zero-order valence-electron chi connectivity index (χ0n) is 5.04. The Bertz CT molecular complexity index is 240. The van der Waals surface area contributed by atoms with Gasteiger partial charge in [0.05, 0.1) is 0 Å². The molecule has 10 heavy (non-hydrogen) atoms. The Morgan fingerprint density at radius 1 is 1.50 bits per heavy atom. The van der Waals surface area contributed by atoms with Crippen LogP contribution in [0.5, 0.6) is 0 Å². The fourth-order valence-corrected chi connectivity index (χ4v) is 1.51. The first-order valence-corrected chi connectivity index (χ1v) is 3.92. The van der Waals surface area contributed by atoms with Crippen LogP contribution in [-0.2, 0) is 0 Å². The normalized spacial score (nSPS) is 9.40. The minimum atomic E-state index is 0.603. The molecule has 0 saturated carbocycles. The van der Waals surface area contributed by atoms with Crippen LogP contribution in [0, 0.1) is 0 Å². The summed E-state index contributed by atoms with van der Waals surface area (Å²) >= 11 is 7.31. The van der Waals surface area contributed by atoms with Gasteiger partial charge in [0.25, 0.3) is 0 Å². The molecule has 0 bridgehead atoms. The average Bonchev–Trinajstić information content (AvgIpc) is 1.88. The Balaban J connectivity index is 3.30. The molecule has 1 aromatic carbocycles. The van der Waals surface area contributed by atoms with E-state index in [1.807, 2.05) is 12.1 Å². The molecule has 1 nitrogen and oxygen atoms in total. The fraction of sp³-hybridized carbons (Fsp3) is 0. The predicted octanol–water partition coefficient (Wildman–Crippen LogP) is 2.55. The summed E-state index contributed by atoms with van der Waals surface area (Å²) in [5.74, 6) is 0. The lowest BCUT2D eigenvalue weighted by atomic mass is 10.2. The number of benzene rings is 1. The van der Waals surface area contributed by atoms with Crippen LogP contribution in [0.3, 0.4) is 0 Å². The maximum Gasteiger partial charge on any atom is 0.152 e. The second-order valence-electron chi connectivity index (χ2n) is 1.79. The lowest BCUT2D eigenvalue weighted by Gasteiger charge is -1.97. The Morgan fingerprint density at radius 2 is 2.20 bits per heavy atom. The molecule has 0 fully saturated rings. The number of thiol groups is 1. The minimum absolute atomic E-state index is 0.603. The first-order chi connectivity index (χ1) is 4.75. The molecule has 0 atom stereocenters. The van der Waals surface area contributed by atoms with E-state index in [9.17, 15) is 4.79 Å². The van der Waals surface area contributed by atoms with Crippen LogP contribution in [0.15, 0.2) is 27.6 Å². The number of carbonyl (C=O) groups is 1. The highest BCUT2D eigenvalue weighted by Crippen LogP contribution is 2.20. The first kappa shape index (κ1) is 7.82. The summed E-state index contributed by atoms with van der Waals surface area (Å²) in [6.45, 7) is 0. The molecule has 52 valence electrons. The highest BCUT2D eigenvalue weighted by Gasteiger charge is 1.99. The number of carbonyl (C=O) groups excluding carboxylic acids is 1. The summed E-state index contributed by atoms with van der Waals surface area (Å²) in [6, 6.07) is 5.42. The van der Waals surface area contributed by atoms with Crippen molar-refractivity contribution in [2.24, 2.45) is 0 Å². The molecule has 0 amide bonds. The molecule has 0 aromatic heterocycles. The molecule has 0 aliphatic rings. The van der Waals surface area contributed by atoms with Crippen molar-refractivity contribution in [3.63, 3.8) is 0 Å². The molecule has 0 aliphatic carbocycles.